The Balaban J connectivity index is 1.85. The van der Waals surface area contributed by atoms with Crippen molar-refractivity contribution in [1.29, 1.82) is 0 Å². The standard InChI is InChI=1S/C18H21ClN4O3/c1-3-11-8-13-14(9-12(11)18(25)26-4-2)20-16(19)17(21-13)23-22-15(24)7-10-5-6-10/h8-10H,3-7H2,1-2H3,(H,21,23)(H,22,24). The van der Waals surface area contributed by atoms with Gasteiger partial charge in [-0.1, -0.05) is 18.5 Å². The molecule has 2 N–H and O–H groups in total. The van der Waals surface area contributed by atoms with Gasteiger partial charge in [-0.15, -0.1) is 0 Å². The van der Waals surface area contributed by atoms with Crippen LogP contribution in [0.15, 0.2) is 12.1 Å². The summed E-state index contributed by atoms with van der Waals surface area (Å²) in [5, 5.41) is 0.114. The molecule has 1 aliphatic carbocycles. The zero-order valence-corrected chi connectivity index (χ0v) is 15.5. The van der Waals surface area contributed by atoms with Gasteiger partial charge in [-0.2, -0.15) is 0 Å². The highest BCUT2D eigenvalue weighted by molar-refractivity contribution is 6.32. The third-order valence-electron chi connectivity index (χ3n) is 4.21. The molecular formula is C18H21ClN4O3. The lowest BCUT2D eigenvalue weighted by atomic mass is 10.0. The number of hydrogen-bond donors (Lipinski definition) is 2. The highest BCUT2D eigenvalue weighted by atomic mass is 35.5. The van der Waals surface area contributed by atoms with Crippen LogP contribution in [0.1, 0.15) is 49.0 Å². The molecule has 0 aliphatic heterocycles. The number of aromatic nitrogens is 2. The van der Waals surface area contributed by atoms with Gasteiger partial charge in [0.25, 0.3) is 0 Å². The lowest BCUT2D eigenvalue weighted by Crippen LogP contribution is -2.30. The van der Waals surface area contributed by atoms with E-state index in [0.717, 1.165) is 18.4 Å². The number of benzene rings is 1. The van der Waals surface area contributed by atoms with Crippen molar-refractivity contribution in [2.75, 3.05) is 12.0 Å². The van der Waals surface area contributed by atoms with Crippen molar-refractivity contribution in [3.63, 3.8) is 0 Å². The monoisotopic (exact) mass is 376 g/mol. The molecule has 0 bridgehead atoms. The summed E-state index contributed by atoms with van der Waals surface area (Å²) in [6.45, 7) is 4.01. The van der Waals surface area contributed by atoms with Crippen molar-refractivity contribution >= 4 is 40.3 Å². The van der Waals surface area contributed by atoms with Crippen LogP contribution in [0.25, 0.3) is 11.0 Å². The summed E-state index contributed by atoms with van der Waals surface area (Å²) in [6, 6.07) is 3.43. The van der Waals surface area contributed by atoms with Gasteiger partial charge in [0.05, 0.1) is 23.2 Å². The van der Waals surface area contributed by atoms with E-state index in [2.05, 4.69) is 20.8 Å². The van der Waals surface area contributed by atoms with Crippen LogP contribution < -0.4 is 10.9 Å². The molecule has 1 aliphatic rings. The van der Waals surface area contributed by atoms with Crippen LogP contribution in [-0.2, 0) is 16.0 Å². The van der Waals surface area contributed by atoms with E-state index >= 15 is 0 Å². The number of aryl methyl sites for hydroxylation is 1. The zero-order valence-electron chi connectivity index (χ0n) is 14.8. The summed E-state index contributed by atoms with van der Waals surface area (Å²) in [7, 11) is 0. The van der Waals surface area contributed by atoms with Crippen LogP contribution in [0.2, 0.25) is 5.15 Å². The maximum atomic E-state index is 12.1. The molecule has 0 saturated heterocycles. The predicted octanol–water partition coefficient (Wildman–Crippen LogP) is 3.27. The summed E-state index contributed by atoms with van der Waals surface area (Å²) < 4.78 is 5.09. The number of hydrazine groups is 1. The maximum absolute atomic E-state index is 12.1. The van der Waals surface area contributed by atoms with Crippen LogP contribution >= 0.6 is 11.6 Å². The van der Waals surface area contributed by atoms with Crippen molar-refractivity contribution in [1.82, 2.24) is 15.4 Å². The fourth-order valence-electron chi connectivity index (χ4n) is 2.66. The molecule has 8 heteroatoms. The summed E-state index contributed by atoms with van der Waals surface area (Å²) >= 11 is 6.17. The van der Waals surface area contributed by atoms with E-state index in [4.69, 9.17) is 16.3 Å². The summed E-state index contributed by atoms with van der Waals surface area (Å²) in [5.41, 5.74) is 7.69. The molecule has 7 nitrogen and oxygen atoms in total. The zero-order chi connectivity index (χ0) is 18.7. The number of halogens is 1. The number of anilines is 1. The molecular weight excluding hydrogens is 356 g/mol. The van der Waals surface area contributed by atoms with Gasteiger partial charge in [-0.3, -0.25) is 15.6 Å². The molecule has 1 aromatic heterocycles. The molecule has 0 unspecified atom stereocenters. The van der Waals surface area contributed by atoms with Crippen molar-refractivity contribution in [3.8, 4) is 0 Å². The molecule has 0 atom stereocenters. The molecule has 0 radical (unpaired) electrons. The fraction of sp³-hybridized carbons (Fsp3) is 0.444. The minimum Gasteiger partial charge on any atom is -0.462 e. The molecule has 2 aromatic rings. The van der Waals surface area contributed by atoms with Crippen LogP contribution in [0.3, 0.4) is 0 Å². The van der Waals surface area contributed by atoms with E-state index in [1.807, 2.05) is 6.92 Å². The van der Waals surface area contributed by atoms with E-state index in [-0.39, 0.29) is 16.9 Å². The Labute approximate surface area is 156 Å². The number of amides is 1. The first kappa shape index (κ1) is 18.4. The Morgan fingerprint density at radius 3 is 2.62 bits per heavy atom. The topological polar surface area (TPSA) is 93.2 Å². The van der Waals surface area contributed by atoms with E-state index in [9.17, 15) is 9.59 Å². The smallest absolute Gasteiger partial charge is 0.338 e. The molecule has 1 aromatic carbocycles. The molecule has 1 saturated carbocycles. The molecule has 26 heavy (non-hydrogen) atoms. The number of ether oxygens (including phenoxy) is 1. The quantitative estimate of drug-likeness (QED) is 0.569. The second-order valence-corrected chi connectivity index (χ2v) is 6.61. The second-order valence-electron chi connectivity index (χ2n) is 6.26. The van der Waals surface area contributed by atoms with E-state index in [1.165, 1.54) is 0 Å². The summed E-state index contributed by atoms with van der Waals surface area (Å²) in [5.74, 6) is 0.272. The van der Waals surface area contributed by atoms with Crippen molar-refractivity contribution in [2.45, 2.75) is 39.5 Å². The Hall–Kier alpha value is -2.41. The van der Waals surface area contributed by atoms with E-state index in [1.54, 1.807) is 19.1 Å². The predicted molar refractivity (Wildman–Crippen MR) is 99.0 cm³/mol. The average Bonchev–Trinajstić information content (AvgIpc) is 3.43. The van der Waals surface area contributed by atoms with Gasteiger partial charge in [-0.05, 0) is 49.8 Å². The molecule has 0 spiro atoms. The van der Waals surface area contributed by atoms with Gasteiger partial charge in [0.2, 0.25) is 5.91 Å². The van der Waals surface area contributed by atoms with Gasteiger partial charge >= 0.3 is 5.97 Å². The van der Waals surface area contributed by atoms with Crippen LogP contribution in [-0.4, -0.2) is 28.5 Å². The minimum absolute atomic E-state index is 0.0997. The lowest BCUT2D eigenvalue weighted by molar-refractivity contribution is -0.120. The maximum Gasteiger partial charge on any atom is 0.338 e. The Morgan fingerprint density at radius 2 is 1.96 bits per heavy atom. The molecule has 1 fully saturated rings. The third kappa shape index (κ3) is 4.22. The Kier molecular flexibility index (Phi) is 5.56. The third-order valence-corrected chi connectivity index (χ3v) is 4.48. The van der Waals surface area contributed by atoms with Gasteiger partial charge in [0.15, 0.2) is 11.0 Å². The van der Waals surface area contributed by atoms with Crippen LogP contribution in [0.4, 0.5) is 5.82 Å². The van der Waals surface area contributed by atoms with Crippen molar-refractivity contribution in [3.05, 3.63) is 28.4 Å². The minimum atomic E-state index is -0.390. The number of esters is 1. The summed E-state index contributed by atoms with van der Waals surface area (Å²) in [4.78, 5) is 32.6. The Morgan fingerprint density at radius 1 is 1.23 bits per heavy atom. The van der Waals surface area contributed by atoms with Gasteiger partial charge in [0, 0.05) is 6.42 Å². The molecule has 138 valence electrons. The largest absolute Gasteiger partial charge is 0.462 e. The number of carbonyl (C=O) groups excluding carboxylic acids is 2. The van der Waals surface area contributed by atoms with E-state index < -0.39 is 5.97 Å². The number of fused-ring (bicyclic) bond motifs is 1. The fourth-order valence-corrected chi connectivity index (χ4v) is 2.84. The molecule has 3 rings (SSSR count). The van der Waals surface area contributed by atoms with Crippen LogP contribution in [0, 0.1) is 5.92 Å². The van der Waals surface area contributed by atoms with Crippen molar-refractivity contribution < 1.29 is 14.3 Å². The molecule has 1 amide bonds. The summed E-state index contributed by atoms with van der Waals surface area (Å²) in [6.07, 6.45) is 3.35. The Bertz CT molecular complexity index is 852. The lowest BCUT2D eigenvalue weighted by Gasteiger charge is -2.12. The number of nitrogens with one attached hydrogen (secondary N) is 2. The molecule has 1 heterocycles. The average molecular weight is 377 g/mol. The first-order valence-corrected chi connectivity index (χ1v) is 9.11. The number of nitrogens with zero attached hydrogens (tertiary/aromatic N) is 2. The highest BCUT2D eigenvalue weighted by Crippen LogP contribution is 2.32. The number of rotatable bonds is 7. The van der Waals surface area contributed by atoms with Crippen molar-refractivity contribution in [2.24, 2.45) is 5.92 Å². The van der Waals surface area contributed by atoms with Gasteiger partial charge < -0.3 is 4.74 Å². The number of carbonyl (C=O) groups is 2. The van der Waals surface area contributed by atoms with Gasteiger partial charge in [-0.25, -0.2) is 14.8 Å². The normalized spacial score (nSPS) is 13.5. The number of hydrogen-bond acceptors (Lipinski definition) is 6. The van der Waals surface area contributed by atoms with Crippen LogP contribution in [0.5, 0.6) is 0 Å². The first-order valence-electron chi connectivity index (χ1n) is 8.74. The SMILES string of the molecule is CCOC(=O)c1cc2nc(Cl)c(NNC(=O)CC3CC3)nc2cc1CC. The first-order chi connectivity index (χ1) is 12.5. The second kappa shape index (κ2) is 7.86. The van der Waals surface area contributed by atoms with E-state index in [0.29, 0.717) is 42.0 Å². The van der Waals surface area contributed by atoms with Gasteiger partial charge in [0.1, 0.15) is 0 Å². The highest BCUT2D eigenvalue weighted by Gasteiger charge is 2.24.